The Morgan fingerprint density at radius 2 is 2.04 bits per heavy atom. The molecule has 0 bridgehead atoms. The molecular formula is C19H22N4OS. The monoisotopic (exact) mass is 354 g/mol. The zero-order valence-corrected chi connectivity index (χ0v) is 15.2. The summed E-state index contributed by atoms with van der Waals surface area (Å²) in [5.74, 6) is 0.691. The van der Waals surface area contributed by atoms with Gasteiger partial charge in [-0.2, -0.15) is 0 Å². The maximum atomic E-state index is 12.8. The van der Waals surface area contributed by atoms with Crippen molar-refractivity contribution in [1.29, 1.82) is 0 Å². The second kappa shape index (κ2) is 6.98. The number of nitrogens with one attached hydrogen (secondary N) is 2. The van der Waals surface area contributed by atoms with Gasteiger partial charge in [-0.3, -0.25) is 9.78 Å². The van der Waals surface area contributed by atoms with Crippen LogP contribution in [0.5, 0.6) is 0 Å². The summed E-state index contributed by atoms with van der Waals surface area (Å²) < 4.78 is 0. The van der Waals surface area contributed by atoms with E-state index in [9.17, 15) is 4.79 Å². The summed E-state index contributed by atoms with van der Waals surface area (Å²) in [7, 11) is 0. The van der Waals surface area contributed by atoms with Gasteiger partial charge in [0.15, 0.2) is 0 Å². The number of thiophene rings is 1. The van der Waals surface area contributed by atoms with Crippen molar-refractivity contribution in [3.05, 3.63) is 45.6 Å². The molecule has 1 aliphatic rings. The van der Waals surface area contributed by atoms with Crippen LogP contribution in [0, 0.1) is 0 Å². The maximum Gasteiger partial charge on any atom is 0.261 e. The van der Waals surface area contributed by atoms with Gasteiger partial charge in [-0.15, -0.1) is 11.3 Å². The van der Waals surface area contributed by atoms with Gasteiger partial charge in [-0.1, -0.05) is 31.2 Å². The number of fused-ring (bicyclic) bond motifs is 1. The third-order valence-corrected chi connectivity index (χ3v) is 5.62. The number of aryl methyl sites for hydroxylation is 1. The van der Waals surface area contributed by atoms with Gasteiger partial charge in [0.2, 0.25) is 5.95 Å². The molecule has 0 spiro atoms. The van der Waals surface area contributed by atoms with E-state index in [0.717, 1.165) is 55.0 Å². The fourth-order valence-corrected chi connectivity index (χ4v) is 4.22. The van der Waals surface area contributed by atoms with Crippen molar-refractivity contribution in [3.8, 4) is 11.1 Å². The number of H-pyrrole nitrogens is 1. The van der Waals surface area contributed by atoms with Crippen LogP contribution in [-0.4, -0.2) is 36.1 Å². The van der Waals surface area contributed by atoms with E-state index in [1.165, 1.54) is 5.56 Å². The Labute approximate surface area is 150 Å². The molecule has 0 unspecified atom stereocenters. The molecule has 4 rings (SSSR count). The first-order valence-electron chi connectivity index (χ1n) is 8.83. The molecule has 25 heavy (non-hydrogen) atoms. The quantitative estimate of drug-likeness (QED) is 0.759. The first-order valence-corrected chi connectivity index (χ1v) is 9.70. The number of hydrogen-bond acceptors (Lipinski definition) is 5. The molecule has 1 aliphatic heterocycles. The molecule has 5 nitrogen and oxygen atoms in total. The van der Waals surface area contributed by atoms with Gasteiger partial charge in [0, 0.05) is 30.6 Å². The van der Waals surface area contributed by atoms with Crippen LogP contribution in [0.3, 0.4) is 0 Å². The standard InChI is InChI=1S/C19H22N4OS/c1-2-13-4-6-14(7-5-13)15-12-25-18-16(15)17(24)21-19(22-18)23-10-3-8-20-9-11-23/h4-7,12,20H,2-3,8-11H2,1H3,(H,21,22,24). The first kappa shape index (κ1) is 16.3. The van der Waals surface area contributed by atoms with E-state index in [2.05, 4.69) is 46.4 Å². The minimum atomic E-state index is -0.0481. The van der Waals surface area contributed by atoms with Gasteiger partial charge in [0.1, 0.15) is 4.83 Å². The molecule has 3 aromatic rings. The highest BCUT2D eigenvalue weighted by Gasteiger charge is 2.17. The van der Waals surface area contributed by atoms with Gasteiger partial charge < -0.3 is 10.2 Å². The Hall–Kier alpha value is -2.18. The van der Waals surface area contributed by atoms with Crippen molar-refractivity contribution < 1.29 is 0 Å². The lowest BCUT2D eigenvalue weighted by atomic mass is 10.0. The molecule has 1 saturated heterocycles. The molecule has 0 radical (unpaired) electrons. The Balaban J connectivity index is 1.75. The second-order valence-corrected chi connectivity index (χ2v) is 7.22. The molecule has 130 valence electrons. The lowest BCUT2D eigenvalue weighted by Gasteiger charge is -2.20. The Bertz CT molecular complexity index is 921. The van der Waals surface area contributed by atoms with Crippen LogP contribution in [-0.2, 0) is 6.42 Å². The van der Waals surface area contributed by atoms with E-state index >= 15 is 0 Å². The molecular weight excluding hydrogens is 332 g/mol. The molecule has 1 aromatic carbocycles. The lowest BCUT2D eigenvalue weighted by Crippen LogP contribution is -2.31. The number of hydrogen-bond donors (Lipinski definition) is 2. The summed E-state index contributed by atoms with van der Waals surface area (Å²) in [6.45, 7) is 5.86. The minimum Gasteiger partial charge on any atom is -0.341 e. The van der Waals surface area contributed by atoms with E-state index in [1.54, 1.807) is 11.3 Å². The molecule has 0 atom stereocenters. The normalized spacial score (nSPS) is 15.5. The molecule has 3 heterocycles. The predicted molar refractivity (Wildman–Crippen MR) is 105 cm³/mol. The van der Waals surface area contributed by atoms with E-state index in [4.69, 9.17) is 4.98 Å². The molecule has 6 heteroatoms. The number of aromatic amines is 1. The summed E-state index contributed by atoms with van der Waals surface area (Å²) in [6, 6.07) is 8.43. The highest BCUT2D eigenvalue weighted by Crippen LogP contribution is 2.31. The molecule has 2 N–H and O–H groups in total. The maximum absolute atomic E-state index is 12.8. The van der Waals surface area contributed by atoms with E-state index in [0.29, 0.717) is 11.3 Å². The van der Waals surface area contributed by atoms with Crippen molar-refractivity contribution in [2.75, 3.05) is 31.1 Å². The molecule has 0 saturated carbocycles. The van der Waals surface area contributed by atoms with Gasteiger partial charge in [-0.05, 0) is 30.5 Å². The zero-order valence-electron chi connectivity index (χ0n) is 14.3. The van der Waals surface area contributed by atoms with Crippen molar-refractivity contribution in [2.24, 2.45) is 0 Å². The zero-order chi connectivity index (χ0) is 17.2. The van der Waals surface area contributed by atoms with Gasteiger partial charge in [0.25, 0.3) is 5.56 Å². The van der Waals surface area contributed by atoms with Crippen molar-refractivity contribution >= 4 is 27.5 Å². The third kappa shape index (κ3) is 3.19. The predicted octanol–water partition coefficient (Wildman–Crippen LogP) is 3.01. The Morgan fingerprint density at radius 1 is 1.20 bits per heavy atom. The summed E-state index contributed by atoms with van der Waals surface area (Å²) in [4.78, 5) is 23.5. The van der Waals surface area contributed by atoms with E-state index < -0.39 is 0 Å². The molecule has 0 amide bonds. The minimum absolute atomic E-state index is 0.0481. The van der Waals surface area contributed by atoms with Crippen LogP contribution in [0.4, 0.5) is 5.95 Å². The fraction of sp³-hybridized carbons (Fsp3) is 0.368. The van der Waals surface area contributed by atoms with Crippen molar-refractivity contribution in [3.63, 3.8) is 0 Å². The smallest absolute Gasteiger partial charge is 0.261 e. The fourth-order valence-electron chi connectivity index (χ4n) is 3.28. The number of benzene rings is 1. The summed E-state index contributed by atoms with van der Waals surface area (Å²) in [5.41, 5.74) is 3.29. The largest absolute Gasteiger partial charge is 0.341 e. The third-order valence-electron chi connectivity index (χ3n) is 4.74. The second-order valence-electron chi connectivity index (χ2n) is 6.36. The Morgan fingerprint density at radius 3 is 2.84 bits per heavy atom. The van der Waals surface area contributed by atoms with E-state index in [1.807, 2.05) is 5.38 Å². The van der Waals surface area contributed by atoms with Crippen molar-refractivity contribution in [2.45, 2.75) is 19.8 Å². The van der Waals surface area contributed by atoms with Crippen LogP contribution in [0.15, 0.2) is 34.4 Å². The van der Waals surface area contributed by atoms with Crippen LogP contribution in [0.2, 0.25) is 0 Å². The van der Waals surface area contributed by atoms with Crippen LogP contribution < -0.4 is 15.8 Å². The number of rotatable bonds is 3. The van der Waals surface area contributed by atoms with Crippen LogP contribution in [0.1, 0.15) is 18.9 Å². The van der Waals surface area contributed by atoms with E-state index in [-0.39, 0.29) is 5.56 Å². The summed E-state index contributed by atoms with van der Waals surface area (Å²) in [6.07, 6.45) is 2.07. The first-order chi connectivity index (χ1) is 12.3. The number of anilines is 1. The van der Waals surface area contributed by atoms with Crippen LogP contribution in [0.25, 0.3) is 21.3 Å². The van der Waals surface area contributed by atoms with Crippen LogP contribution >= 0.6 is 11.3 Å². The van der Waals surface area contributed by atoms with Gasteiger partial charge in [0.05, 0.1) is 5.39 Å². The summed E-state index contributed by atoms with van der Waals surface area (Å²) in [5, 5.41) is 6.12. The van der Waals surface area contributed by atoms with Crippen molar-refractivity contribution in [1.82, 2.24) is 15.3 Å². The van der Waals surface area contributed by atoms with Gasteiger partial charge >= 0.3 is 0 Å². The SMILES string of the molecule is CCc1ccc(-c2csc3nc(N4CCCNCC4)[nH]c(=O)c23)cc1. The highest BCUT2D eigenvalue weighted by molar-refractivity contribution is 7.17. The highest BCUT2D eigenvalue weighted by atomic mass is 32.1. The average molecular weight is 354 g/mol. The lowest BCUT2D eigenvalue weighted by molar-refractivity contribution is 0.724. The number of nitrogens with zero attached hydrogens (tertiary/aromatic N) is 2. The number of aromatic nitrogens is 2. The average Bonchev–Trinajstić information content (AvgIpc) is 2.88. The molecule has 0 aliphatic carbocycles. The van der Waals surface area contributed by atoms with Gasteiger partial charge in [-0.25, -0.2) is 4.98 Å². The molecule has 2 aromatic heterocycles. The Kier molecular flexibility index (Phi) is 4.55. The topological polar surface area (TPSA) is 61.0 Å². The molecule has 1 fully saturated rings. The summed E-state index contributed by atoms with van der Waals surface area (Å²) >= 11 is 1.54.